The van der Waals surface area contributed by atoms with Crippen molar-refractivity contribution >= 4 is 17.3 Å². The van der Waals surface area contributed by atoms with E-state index in [0.717, 1.165) is 28.4 Å². The third-order valence-electron chi connectivity index (χ3n) is 5.74. The normalized spacial score (nSPS) is 12.6. The molecule has 1 aliphatic heterocycles. The number of carboxylic acid groups (broad SMARTS) is 1. The van der Waals surface area contributed by atoms with Crippen LogP contribution in [0.2, 0.25) is 0 Å². The molecular formula is C29H24NO5-. The molecule has 0 bridgehead atoms. The summed E-state index contributed by atoms with van der Waals surface area (Å²) in [6.45, 7) is 1.09. The summed E-state index contributed by atoms with van der Waals surface area (Å²) in [5.41, 5.74) is 2.81. The molecule has 0 radical (unpaired) electrons. The fourth-order valence-corrected chi connectivity index (χ4v) is 4.05. The smallest absolute Gasteiger partial charge is 0.151 e. The zero-order valence-corrected chi connectivity index (χ0v) is 19.0. The van der Waals surface area contributed by atoms with Gasteiger partial charge in [0.25, 0.3) is 0 Å². The molecule has 0 aliphatic carbocycles. The van der Waals surface area contributed by atoms with Gasteiger partial charge in [-0.2, -0.15) is 0 Å². The third kappa shape index (κ3) is 5.22. The van der Waals surface area contributed by atoms with E-state index in [1.807, 2.05) is 78.9 Å². The van der Waals surface area contributed by atoms with Crippen LogP contribution in [-0.4, -0.2) is 25.2 Å². The first kappa shape index (κ1) is 22.3. The van der Waals surface area contributed by atoms with Gasteiger partial charge in [-0.15, -0.1) is 0 Å². The highest BCUT2D eigenvalue weighted by Gasteiger charge is 2.23. The van der Waals surface area contributed by atoms with E-state index in [1.54, 1.807) is 24.3 Å². The Labute approximate surface area is 203 Å². The minimum absolute atomic E-state index is 0.193. The van der Waals surface area contributed by atoms with E-state index < -0.39 is 12.1 Å². The number of anilines is 2. The van der Waals surface area contributed by atoms with Crippen LogP contribution in [0.25, 0.3) is 0 Å². The van der Waals surface area contributed by atoms with Gasteiger partial charge in [-0.1, -0.05) is 54.6 Å². The number of ether oxygens (including phenoxy) is 3. The number of carbonyl (C=O) groups is 1. The molecule has 0 aromatic heterocycles. The highest BCUT2D eigenvalue weighted by molar-refractivity contribution is 5.77. The molecule has 35 heavy (non-hydrogen) atoms. The average Bonchev–Trinajstić information content (AvgIpc) is 2.89. The van der Waals surface area contributed by atoms with Gasteiger partial charge < -0.3 is 29.0 Å². The second kappa shape index (κ2) is 10.2. The van der Waals surface area contributed by atoms with Crippen molar-refractivity contribution in [1.29, 1.82) is 0 Å². The fourth-order valence-electron chi connectivity index (χ4n) is 4.05. The maximum absolute atomic E-state index is 11.6. The molecule has 176 valence electrons. The SMILES string of the molecule is O=C([O-])C(Cc1ccc(OCCN2c3ccccc3Oc3ccccc32)cc1)Oc1ccccc1. The van der Waals surface area contributed by atoms with Gasteiger partial charge in [-0.3, -0.25) is 0 Å². The van der Waals surface area contributed by atoms with Gasteiger partial charge in [0, 0.05) is 6.42 Å². The molecule has 1 heterocycles. The summed E-state index contributed by atoms with van der Waals surface area (Å²) < 4.78 is 17.6. The van der Waals surface area contributed by atoms with Gasteiger partial charge >= 0.3 is 0 Å². The lowest BCUT2D eigenvalue weighted by Crippen LogP contribution is -2.41. The Morgan fingerprint density at radius 3 is 2.00 bits per heavy atom. The molecule has 1 atom stereocenters. The van der Waals surface area contributed by atoms with Gasteiger partial charge in [0.15, 0.2) is 11.5 Å². The van der Waals surface area contributed by atoms with E-state index in [9.17, 15) is 9.90 Å². The molecule has 1 aliphatic rings. The topological polar surface area (TPSA) is 71.1 Å². The molecule has 0 fully saturated rings. The number of hydrogen-bond donors (Lipinski definition) is 0. The first-order chi connectivity index (χ1) is 17.2. The molecule has 6 nitrogen and oxygen atoms in total. The van der Waals surface area contributed by atoms with Gasteiger partial charge in [0.05, 0.1) is 23.9 Å². The van der Waals surface area contributed by atoms with Crippen molar-refractivity contribution in [3.05, 3.63) is 109 Å². The number of para-hydroxylation sites is 5. The molecule has 6 heteroatoms. The van der Waals surface area contributed by atoms with E-state index in [0.29, 0.717) is 24.7 Å². The van der Waals surface area contributed by atoms with E-state index >= 15 is 0 Å². The van der Waals surface area contributed by atoms with E-state index in [4.69, 9.17) is 14.2 Å². The highest BCUT2D eigenvalue weighted by atomic mass is 16.5. The Hall–Kier alpha value is -4.45. The van der Waals surface area contributed by atoms with Crippen molar-refractivity contribution in [3.63, 3.8) is 0 Å². The number of aliphatic carboxylic acids is 1. The first-order valence-corrected chi connectivity index (χ1v) is 11.4. The molecule has 0 saturated heterocycles. The van der Waals surface area contributed by atoms with Crippen molar-refractivity contribution < 1.29 is 24.1 Å². The van der Waals surface area contributed by atoms with Crippen LogP contribution in [0.3, 0.4) is 0 Å². The highest BCUT2D eigenvalue weighted by Crippen LogP contribution is 2.45. The average molecular weight is 467 g/mol. The second-order valence-electron chi connectivity index (χ2n) is 8.12. The summed E-state index contributed by atoms with van der Waals surface area (Å²) >= 11 is 0. The number of benzene rings is 4. The van der Waals surface area contributed by atoms with E-state index in [2.05, 4.69) is 4.90 Å². The predicted molar refractivity (Wildman–Crippen MR) is 131 cm³/mol. The molecule has 0 spiro atoms. The quantitative estimate of drug-likeness (QED) is 0.355. The lowest BCUT2D eigenvalue weighted by molar-refractivity contribution is -0.313. The summed E-state index contributed by atoms with van der Waals surface area (Å²) in [6.07, 6.45) is -0.885. The van der Waals surface area contributed by atoms with Gasteiger partial charge in [0.1, 0.15) is 24.2 Å². The monoisotopic (exact) mass is 466 g/mol. The number of carbonyl (C=O) groups excluding carboxylic acids is 1. The van der Waals surface area contributed by atoms with E-state index in [1.165, 1.54) is 0 Å². The Morgan fingerprint density at radius 1 is 0.771 bits per heavy atom. The molecular weight excluding hydrogens is 442 g/mol. The van der Waals surface area contributed by atoms with Crippen LogP contribution >= 0.6 is 0 Å². The van der Waals surface area contributed by atoms with Crippen LogP contribution in [0, 0.1) is 0 Å². The van der Waals surface area contributed by atoms with Gasteiger partial charge in [-0.05, 0) is 54.1 Å². The molecule has 0 amide bonds. The van der Waals surface area contributed by atoms with Crippen molar-refractivity contribution in [2.75, 3.05) is 18.1 Å². The van der Waals surface area contributed by atoms with E-state index in [-0.39, 0.29) is 6.42 Å². The minimum Gasteiger partial charge on any atom is -0.546 e. The summed E-state index contributed by atoms with van der Waals surface area (Å²) in [7, 11) is 0. The lowest BCUT2D eigenvalue weighted by Gasteiger charge is -2.32. The van der Waals surface area contributed by atoms with Gasteiger partial charge in [0.2, 0.25) is 0 Å². The summed E-state index contributed by atoms with van der Waals surface area (Å²) in [5.74, 6) is 1.58. The molecule has 1 unspecified atom stereocenters. The number of nitrogens with zero attached hydrogens (tertiary/aromatic N) is 1. The maximum Gasteiger partial charge on any atom is 0.151 e. The molecule has 5 rings (SSSR count). The first-order valence-electron chi connectivity index (χ1n) is 11.4. The maximum atomic E-state index is 11.6. The molecule has 4 aromatic rings. The summed E-state index contributed by atoms with van der Waals surface area (Å²) in [4.78, 5) is 13.8. The summed E-state index contributed by atoms with van der Waals surface area (Å²) in [6, 6.07) is 32.1. The van der Waals surface area contributed by atoms with Crippen LogP contribution in [-0.2, 0) is 11.2 Å². The number of rotatable bonds is 9. The number of fused-ring (bicyclic) bond motifs is 2. The lowest BCUT2D eigenvalue weighted by atomic mass is 10.1. The fraction of sp³-hybridized carbons (Fsp3) is 0.138. The van der Waals surface area contributed by atoms with Crippen LogP contribution < -0.4 is 24.2 Å². The van der Waals surface area contributed by atoms with Crippen LogP contribution in [0.5, 0.6) is 23.0 Å². The van der Waals surface area contributed by atoms with Gasteiger partial charge in [-0.25, -0.2) is 0 Å². The number of carboxylic acids is 1. The number of hydrogen-bond acceptors (Lipinski definition) is 6. The Morgan fingerprint density at radius 2 is 1.37 bits per heavy atom. The van der Waals surface area contributed by atoms with Crippen LogP contribution in [0.4, 0.5) is 11.4 Å². The van der Waals surface area contributed by atoms with Crippen LogP contribution in [0.15, 0.2) is 103 Å². The Kier molecular flexibility index (Phi) is 6.52. The van der Waals surface area contributed by atoms with Crippen molar-refractivity contribution in [1.82, 2.24) is 0 Å². The van der Waals surface area contributed by atoms with Crippen LogP contribution in [0.1, 0.15) is 5.56 Å². The largest absolute Gasteiger partial charge is 0.546 e. The Bertz CT molecular complexity index is 1240. The molecule has 0 N–H and O–H groups in total. The van der Waals surface area contributed by atoms with Crippen molar-refractivity contribution in [2.24, 2.45) is 0 Å². The third-order valence-corrected chi connectivity index (χ3v) is 5.74. The predicted octanol–water partition coefficient (Wildman–Crippen LogP) is 4.75. The zero-order valence-electron chi connectivity index (χ0n) is 19.0. The molecule has 4 aromatic carbocycles. The second-order valence-corrected chi connectivity index (χ2v) is 8.12. The summed E-state index contributed by atoms with van der Waals surface area (Å²) in [5, 5.41) is 11.6. The minimum atomic E-state index is -1.25. The van der Waals surface area contributed by atoms with Crippen molar-refractivity contribution in [2.45, 2.75) is 12.5 Å². The van der Waals surface area contributed by atoms with Crippen molar-refractivity contribution in [3.8, 4) is 23.0 Å². The molecule has 0 saturated carbocycles. The Balaban J connectivity index is 1.21. The zero-order chi connectivity index (χ0) is 24.0. The standard InChI is InChI=1S/C29H25NO5/c31-29(32)28(34-23-8-2-1-3-9-23)20-21-14-16-22(17-15-21)33-19-18-30-24-10-4-6-12-26(24)35-27-13-7-5-11-25(27)30/h1-17,28H,18-20H2,(H,31,32)/p-1.